The van der Waals surface area contributed by atoms with E-state index in [0.29, 0.717) is 30.0 Å². The van der Waals surface area contributed by atoms with Crippen molar-refractivity contribution in [1.82, 2.24) is 9.97 Å². The highest BCUT2D eigenvalue weighted by atomic mass is 19.3. The summed E-state index contributed by atoms with van der Waals surface area (Å²) in [6.07, 6.45) is 1.78. The Morgan fingerprint density at radius 2 is 1.96 bits per heavy atom. The van der Waals surface area contributed by atoms with Gasteiger partial charge in [-0.3, -0.25) is 0 Å². The Morgan fingerprint density at radius 3 is 2.54 bits per heavy atom. The molecule has 6 heteroatoms. The quantitative estimate of drug-likeness (QED) is 0.841. The summed E-state index contributed by atoms with van der Waals surface area (Å²) in [5.74, 6) is -1.80. The molecule has 1 unspecified atom stereocenters. The van der Waals surface area contributed by atoms with E-state index in [1.165, 1.54) is 6.07 Å². The molecule has 0 aliphatic heterocycles. The van der Waals surface area contributed by atoms with Crippen molar-refractivity contribution >= 4 is 0 Å². The Labute approximate surface area is 139 Å². The highest BCUT2D eigenvalue weighted by Gasteiger charge is 2.39. The van der Waals surface area contributed by atoms with Crippen molar-refractivity contribution < 1.29 is 17.9 Å². The fourth-order valence-corrected chi connectivity index (χ4v) is 3.16. The van der Waals surface area contributed by atoms with Gasteiger partial charge in [0.05, 0.1) is 5.69 Å². The summed E-state index contributed by atoms with van der Waals surface area (Å²) in [6, 6.07) is 4.53. The lowest BCUT2D eigenvalue weighted by Gasteiger charge is -2.33. The van der Waals surface area contributed by atoms with E-state index in [1.54, 1.807) is 25.3 Å². The third-order valence-electron chi connectivity index (χ3n) is 4.58. The number of ether oxygens (including phenoxy) is 1. The second kappa shape index (κ2) is 6.49. The van der Waals surface area contributed by atoms with Gasteiger partial charge in [-0.15, -0.1) is 0 Å². The lowest BCUT2D eigenvalue weighted by atomic mass is 9.83. The maximum Gasteiger partial charge on any atom is 0.248 e. The molecule has 2 aromatic rings. The molecule has 1 aliphatic rings. The number of benzene rings is 1. The first kappa shape index (κ1) is 16.9. The Morgan fingerprint density at radius 1 is 1.25 bits per heavy atom. The first-order chi connectivity index (χ1) is 11.3. The largest absolute Gasteiger partial charge is 0.482 e. The average molecular weight is 338 g/mol. The van der Waals surface area contributed by atoms with Crippen LogP contribution in [0.2, 0.25) is 0 Å². The molecule has 1 N–H and O–H groups in total. The summed E-state index contributed by atoms with van der Waals surface area (Å²) in [5, 5.41) is 0. The third kappa shape index (κ3) is 3.74. The lowest BCUT2D eigenvalue weighted by Crippen LogP contribution is -2.30. The van der Waals surface area contributed by atoms with E-state index in [2.05, 4.69) is 9.97 Å². The van der Waals surface area contributed by atoms with Crippen molar-refractivity contribution in [3.63, 3.8) is 0 Å². The molecule has 0 saturated heterocycles. The molecule has 1 fully saturated rings. The van der Waals surface area contributed by atoms with E-state index in [1.807, 2.05) is 6.92 Å². The number of halogens is 3. The van der Waals surface area contributed by atoms with Gasteiger partial charge in [-0.05, 0) is 50.5 Å². The summed E-state index contributed by atoms with van der Waals surface area (Å²) in [7, 11) is 0. The Balaban J connectivity index is 1.84. The minimum absolute atomic E-state index is 0.0551. The molecule has 1 aromatic heterocycles. The van der Waals surface area contributed by atoms with Crippen LogP contribution in [0, 0.1) is 25.6 Å². The van der Waals surface area contributed by atoms with E-state index in [-0.39, 0.29) is 24.6 Å². The number of aromatic nitrogens is 2. The molecule has 0 radical (unpaired) electrons. The van der Waals surface area contributed by atoms with Crippen molar-refractivity contribution in [1.29, 1.82) is 0 Å². The van der Waals surface area contributed by atoms with Crippen LogP contribution in [0.3, 0.4) is 0 Å². The average Bonchev–Trinajstić information content (AvgIpc) is 2.95. The summed E-state index contributed by atoms with van der Waals surface area (Å²) < 4.78 is 46.4. The maximum atomic E-state index is 13.5. The minimum atomic E-state index is -2.59. The monoisotopic (exact) mass is 338 g/mol. The Bertz CT molecular complexity index is 704. The number of rotatable bonds is 4. The minimum Gasteiger partial charge on any atom is -0.482 e. The summed E-state index contributed by atoms with van der Waals surface area (Å²) in [5.41, 5.74) is 1.30. The Hall–Kier alpha value is -1.98. The van der Waals surface area contributed by atoms with Gasteiger partial charge in [0.1, 0.15) is 17.4 Å². The van der Waals surface area contributed by atoms with Crippen LogP contribution in [0.1, 0.15) is 48.9 Å². The van der Waals surface area contributed by atoms with Gasteiger partial charge in [-0.1, -0.05) is 0 Å². The van der Waals surface area contributed by atoms with Crippen LogP contribution in [-0.4, -0.2) is 15.9 Å². The fraction of sp³-hybridized carbons (Fsp3) is 0.500. The first-order valence-corrected chi connectivity index (χ1v) is 8.16. The number of hydrogen-bond donors (Lipinski definition) is 1. The molecule has 1 heterocycles. The highest BCUT2D eigenvalue weighted by Crippen LogP contribution is 2.42. The van der Waals surface area contributed by atoms with Crippen LogP contribution in [0.4, 0.5) is 13.2 Å². The molecule has 0 amide bonds. The normalized spacial score (nSPS) is 19.2. The second-order valence-electron chi connectivity index (χ2n) is 6.57. The van der Waals surface area contributed by atoms with Gasteiger partial charge >= 0.3 is 0 Å². The molecule has 24 heavy (non-hydrogen) atoms. The summed E-state index contributed by atoms with van der Waals surface area (Å²) in [6.45, 7) is 3.52. The zero-order chi connectivity index (χ0) is 17.3. The van der Waals surface area contributed by atoms with E-state index in [4.69, 9.17) is 4.74 Å². The topological polar surface area (TPSA) is 37.9 Å². The van der Waals surface area contributed by atoms with Gasteiger partial charge in [0.15, 0.2) is 6.10 Å². The molecule has 0 spiro atoms. The van der Waals surface area contributed by atoms with Crippen molar-refractivity contribution in [3.8, 4) is 5.75 Å². The zero-order valence-electron chi connectivity index (χ0n) is 13.8. The summed E-state index contributed by atoms with van der Waals surface area (Å²) >= 11 is 0. The van der Waals surface area contributed by atoms with Gasteiger partial charge < -0.3 is 9.72 Å². The molecule has 3 nitrogen and oxygen atoms in total. The first-order valence-electron chi connectivity index (χ1n) is 8.16. The van der Waals surface area contributed by atoms with Crippen LogP contribution in [0.15, 0.2) is 24.4 Å². The molecule has 1 saturated carbocycles. The number of nitrogens with zero attached hydrogens (tertiary/aromatic N) is 1. The van der Waals surface area contributed by atoms with E-state index in [0.717, 1.165) is 5.69 Å². The smallest absolute Gasteiger partial charge is 0.248 e. The second-order valence-corrected chi connectivity index (χ2v) is 6.57. The fourth-order valence-electron chi connectivity index (χ4n) is 3.16. The molecule has 130 valence electrons. The van der Waals surface area contributed by atoms with Gasteiger partial charge in [-0.25, -0.2) is 18.2 Å². The van der Waals surface area contributed by atoms with Crippen LogP contribution in [-0.2, 0) is 0 Å². The number of alkyl halides is 2. The maximum absolute atomic E-state index is 13.5. The molecule has 0 bridgehead atoms. The van der Waals surface area contributed by atoms with Gasteiger partial charge in [0.25, 0.3) is 0 Å². The van der Waals surface area contributed by atoms with Crippen LogP contribution < -0.4 is 4.74 Å². The molecule has 1 atom stereocenters. The standard InChI is InChI=1S/C18H21F3N2O/c1-11-9-14(3-4-15(11)19)24-16(17-22-10-12(2)23-17)13-5-7-18(20,21)8-6-13/h3-4,9-10,13,16H,5-8H2,1-2H3,(H,22,23). The third-order valence-corrected chi connectivity index (χ3v) is 4.58. The van der Waals surface area contributed by atoms with Gasteiger partial charge in [0, 0.05) is 25.0 Å². The van der Waals surface area contributed by atoms with Crippen molar-refractivity contribution in [2.75, 3.05) is 0 Å². The molecule has 1 aromatic carbocycles. The van der Waals surface area contributed by atoms with E-state index in [9.17, 15) is 13.2 Å². The predicted molar refractivity (Wildman–Crippen MR) is 84.7 cm³/mol. The highest BCUT2D eigenvalue weighted by molar-refractivity contribution is 5.29. The lowest BCUT2D eigenvalue weighted by molar-refractivity contribution is -0.0605. The van der Waals surface area contributed by atoms with Gasteiger partial charge in [-0.2, -0.15) is 0 Å². The van der Waals surface area contributed by atoms with Crippen molar-refractivity contribution in [3.05, 3.63) is 47.3 Å². The molecule has 3 rings (SSSR count). The number of nitrogens with one attached hydrogen (secondary N) is 1. The van der Waals surface area contributed by atoms with E-state index >= 15 is 0 Å². The zero-order valence-corrected chi connectivity index (χ0v) is 13.8. The predicted octanol–water partition coefficient (Wildman–Crippen LogP) is 5.11. The number of aromatic amines is 1. The SMILES string of the molecule is Cc1c[nH]c(C(Oc2ccc(F)c(C)c2)C2CCC(F)(F)CC2)n1. The molecule has 1 aliphatic carbocycles. The number of aryl methyl sites for hydroxylation is 2. The number of H-pyrrole nitrogens is 1. The van der Waals surface area contributed by atoms with Crippen molar-refractivity contribution in [2.45, 2.75) is 51.6 Å². The number of imidazole rings is 1. The molecular weight excluding hydrogens is 317 g/mol. The van der Waals surface area contributed by atoms with Gasteiger partial charge in [0.2, 0.25) is 5.92 Å². The van der Waals surface area contributed by atoms with Crippen LogP contribution in [0.25, 0.3) is 0 Å². The van der Waals surface area contributed by atoms with Crippen molar-refractivity contribution in [2.24, 2.45) is 5.92 Å². The number of hydrogen-bond acceptors (Lipinski definition) is 2. The Kier molecular flexibility index (Phi) is 4.56. The summed E-state index contributed by atoms with van der Waals surface area (Å²) in [4.78, 5) is 7.49. The van der Waals surface area contributed by atoms with Crippen LogP contribution in [0.5, 0.6) is 5.75 Å². The van der Waals surface area contributed by atoms with E-state index < -0.39 is 12.0 Å². The van der Waals surface area contributed by atoms with Crippen LogP contribution >= 0.6 is 0 Å². The molecular formula is C18H21F3N2O.